The number of methoxy groups -OCH3 is 1. The molecule has 124 valence electrons. The summed E-state index contributed by atoms with van der Waals surface area (Å²) >= 11 is 1.52. The summed E-state index contributed by atoms with van der Waals surface area (Å²) in [6.07, 6.45) is 3.74. The zero-order valence-electron chi connectivity index (χ0n) is 14.0. The lowest BCUT2D eigenvalue weighted by Gasteiger charge is -2.15. The third kappa shape index (κ3) is 2.99. The van der Waals surface area contributed by atoms with Crippen molar-refractivity contribution >= 4 is 17.6 Å². The number of ether oxygens (including phenoxy) is 1. The van der Waals surface area contributed by atoms with Gasteiger partial charge in [0.2, 0.25) is 0 Å². The third-order valence-electron chi connectivity index (χ3n) is 4.27. The van der Waals surface area contributed by atoms with Crippen LogP contribution >= 0.6 is 11.3 Å². The van der Waals surface area contributed by atoms with Gasteiger partial charge in [0.05, 0.1) is 18.5 Å². The Kier molecular flexibility index (Phi) is 4.81. The van der Waals surface area contributed by atoms with E-state index in [-0.39, 0.29) is 0 Å². The molecule has 2 aromatic heterocycles. The summed E-state index contributed by atoms with van der Waals surface area (Å²) in [5.41, 5.74) is 3.77. The Hall–Kier alpha value is -2.40. The lowest BCUT2D eigenvalue weighted by molar-refractivity contribution is 0.111. The molecule has 2 heterocycles. The molecule has 0 bridgehead atoms. The van der Waals surface area contributed by atoms with Gasteiger partial charge >= 0.3 is 0 Å². The molecule has 0 fully saturated rings. The van der Waals surface area contributed by atoms with Crippen LogP contribution in [0, 0.1) is 0 Å². The molecule has 24 heavy (non-hydrogen) atoms. The standard InChI is InChI=1S/C19H20N2O2S/c1-4-13(2)16-10-14(7-8-18(16)23-3)17-12-24-19(20-17)21-9-5-6-15(21)11-22/h5-13H,4H2,1-3H3. The summed E-state index contributed by atoms with van der Waals surface area (Å²) in [6.45, 7) is 4.37. The fraction of sp³-hybridized carbons (Fsp3) is 0.263. The molecule has 0 amide bonds. The van der Waals surface area contributed by atoms with Crippen molar-refractivity contribution in [2.75, 3.05) is 7.11 Å². The van der Waals surface area contributed by atoms with Crippen LogP contribution in [0.4, 0.5) is 0 Å². The molecule has 3 aromatic rings. The van der Waals surface area contributed by atoms with Crippen molar-refractivity contribution in [3.63, 3.8) is 0 Å². The zero-order valence-corrected chi connectivity index (χ0v) is 14.8. The number of aromatic nitrogens is 2. The number of hydrogen-bond acceptors (Lipinski definition) is 4. The van der Waals surface area contributed by atoms with E-state index in [1.54, 1.807) is 17.7 Å². The first-order valence-corrected chi connectivity index (χ1v) is 8.82. The topological polar surface area (TPSA) is 44.1 Å². The SMILES string of the molecule is CCC(C)c1cc(-c2csc(-n3cccc3C=O)n2)ccc1OC. The van der Waals surface area contributed by atoms with E-state index < -0.39 is 0 Å². The van der Waals surface area contributed by atoms with Gasteiger partial charge in [0.15, 0.2) is 11.4 Å². The molecule has 0 aliphatic heterocycles. The van der Waals surface area contributed by atoms with Crippen molar-refractivity contribution in [1.29, 1.82) is 0 Å². The molecule has 0 saturated carbocycles. The van der Waals surface area contributed by atoms with Crippen LogP contribution < -0.4 is 4.74 Å². The highest BCUT2D eigenvalue weighted by molar-refractivity contribution is 7.12. The summed E-state index contributed by atoms with van der Waals surface area (Å²) in [5, 5.41) is 2.81. The van der Waals surface area contributed by atoms with Gasteiger partial charge in [0.1, 0.15) is 5.75 Å². The van der Waals surface area contributed by atoms with Crippen LogP contribution in [0.1, 0.15) is 42.2 Å². The fourth-order valence-electron chi connectivity index (χ4n) is 2.67. The van der Waals surface area contributed by atoms with Gasteiger partial charge in [-0.3, -0.25) is 9.36 Å². The molecule has 0 aliphatic rings. The molecular formula is C19H20N2O2S. The van der Waals surface area contributed by atoms with E-state index in [1.165, 1.54) is 16.9 Å². The molecule has 0 saturated heterocycles. The van der Waals surface area contributed by atoms with Crippen LogP contribution in [-0.2, 0) is 0 Å². The zero-order chi connectivity index (χ0) is 17.1. The predicted molar refractivity (Wildman–Crippen MR) is 97.5 cm³/mol. The predicted octanol–water partition coefficient (Wildman–Crippen LogP) is 4.94. The molecule has 4 nitrogen and oxygen atoms in total. The molecule has 1 aromatic carbocycles. The minimum Gasteiger partial charge on any atom is -0.496 e. The highest BCUT2D eigenvalue weighted by atomic mass is 32.1. The van der Waals surface area contributed by atoms with Crippen molar-refractivity contribution in [2.24, 2.45) is 0 Å². The van der Waals surface area contributed by atoms with Gasteiger partial charge in [0, 0.05) is 17.1 Å². The second kappa shape index (κ2) is 7.01. The van der Waals surface area contributed by atoms with Crippen LogP contribution in [0.15, 0.2) is 41.9 Å². The number of hydrogen-bond donors (Lipinski definition) is 0. The van der Waals surface area contributed by atoms with Gasteiger partial charge in [-0.1, -0.05) is 13.8 Å². The van der Waals surface area contributed by atoms with Gasteiger partial charge < -0.3 is 4.74 Å². The van der Waals surface area contributed by atoms with E-state index in [4.69, 9.17) is 9.72 Å². The van der Waals surface area contributed by atoms with Crippen molar-refractivity contribution in [1.82, 2.24) is 9.55 Å². The number of nitrogens with zero attached hydrogens (tertiary/aromatic N) is 2. The molecular weight excluding hydrogens is 320 g/mol. The maximum absolute atomic E-state index is 11.1. The van der Waals surface area contributed by atoms with E-state index >= 15 is 0 Å². The summed E-state index contributed by atoms with van der Waals surface area (Å²) in [4.78, 5) is 15.8. The number of aldehydes is 1. The Morgan fingerprint density at radius 2 is 2.21 bits per heavy atom. The highest BCUT2D eigenvalue weighted by Gasteiger charge is 2.14. The first-order valence-electron chi connectivity index (χ1n) is 7.94. The number of carbonyl (C=O) groups is 1. The minimum atomic E-state index is 0.420. The van der Waals surface area contributed by atoms with Crippen molar-refractivity contribution in [3.05, 3.63) is 53.2 Å². The van der Waals surface area contributed by atoms with Crippen LogP contribution in [0.3, 0.4) is 0 Å². The van der Waals surface area contributed by atoms with E-state index in [1.807, 2.05) is 29.8 Å². The van der Waals surface area contributed by atoms with E-state index in [2.05, 4.69) is 19.9 Å². The van der Waals surface area contributed by atoms with Gasteiger partial charge in [-0.15, -0.1) is 11.3 Å². The largest absolute Gasteiger partial charge is 0.496 e. The Morgan fingerprint density at radius 1 is 1.38 bits per heavy atom. The number of carbonyl (C=O) groups excluding carboxylic acids is 1. The quantitative estimate of drug-likeness (QED) is 0.597. The normalized spacial score (nSPS) is 12.1. The molecule has 3 rings (SSSR count). The molecule has 5 heteroatoms. The molecule has 0 spiro atoms. The molecule has 0 aliphatic carbocycles. The maximum Gasteiger partial charge on any atom is 0.194 e. The van der Waals surface area contributed by atoms with E-state index in [0.717, 1.165) is 34.8 Å². The fourth-order valence-corrected chi connectivity index (χ4v) is 3.51. The summed E-state index contributed by atoms with van der Waals surface area (Å²) in [6, 6.07) is 9.81. The van der Waals surface area contributed by atoms with E-state index in [9.17, 15) is 4.79 Å². The van der Waals surface area contributed by atoms with Crippen molar-refractivity contribution in [3.8, 4) is 22.1 Å². The Bertz CT molecular complexity index is 851. The maximum atomic E-state index is 11.1. The van der Waals surface area contributed by atoms with Crippen LogP contribution in [0.2, 0.25) is 0 Å². The summed E-state index contributed by atoms with van der Waals surface area (Å²) < 4.78 is 7.30. The molecule has 0 radical (unpaired) electrons. The molecule has 0 N–H and O–H groups in total. The smallest absolute Gasteiger partial charge is 0.194 e. The first-order chi connectivity index (χ1) is 11.7. The van der Waals surface area contributed by atoms with Gasteiger partial charge in [0.25, 0.3) is 0 Å². The molecule has 1 atom stereocenters. The number of rotatable bonds is 6. The Balaban J connectivity index is 2.00. The van der Waals surface area contributed by atoms with Crippen LogP contribution in [0.5, 0.6) is 5.75 Å². The van der Waals surface area contributed by atoms with Crippen molar-refractivity contribution in [2.45, 2.75) is 26.2 Å². The van der Waals surface area contributed by atoms with Crippen LogP contribution in [-0.4, -0.2) is 22.9 Å². The van der Waals surface area contributed by atoms with Crippen molar-refractivity contribution < 1.29 is 9.53 Å². The Labute approximate surface area is 145 Å². The third-order valence-corrected chi connectivity index (χ3v) is 5.11. The monoisotopic (exact) mass is 340 g/mol. The van der Waals surface area contributed by atoms with Gasteiger partial charge in [-0.05, 0) is 48.2 Å². The van der Waals surface area contributed by atoms with Crippen LogP contribution in [0.25, 0.3) is 16.4 Å². The summed E-state index contributed by atoms with van der Waals surface area (Å²) in [5.74, 6) is 1.33. The average Bonchev–Trinajstić information content (AvgIpc) is 3.28. The lowest BCUT2D eigenvalue weighted by atomic mass is 9.95. The summed E-state index contributed by atoms with van der Waals surface area (Å²) in [7, 11) is 1.70. The number of thiazole rings is 1. The number of benzene rings is 1. The second-order valence-corrected chi connectivity index (χ2v) is 6.54. The van der Waals surface area contributed by atoms with E-state index in [0.29, 0.717) is 11.6 Å². The Morgan fingerprint density at radius 3 is 2.92 bits per heavy atom. The lowest BCUT2D eigenvalue weighted by Crippen LogP contribution is -1.98. The van der Waals surface area contributed by atoms with Gasteiger partial charge in [-0.25, -0.2) is 4.98 Å². The minimum absolute atomic E-state index is 0.420. The molecule has 1 unspecified atom stereocenters. The first kappa shape index (κ1) is 16.5. The highest BCUT2D eigenvalue weighted by Crippen LogP contribution is 2.34. The van der Waals surface area contributed by atoms with Gasteiger partial charge in [-0.2, -0.15) is 0 Å². The average molecular weight is 340 g/mol. The second-order valence-electron chi connectivity index (χ2n) is 5.70.